The largest absolute Gasteiger partial charge is 0.480 e. The first kappa shape index (κ1) is 24.4. The Morgan fingerprint density at radius 2 is 1.94 bits per heavy atom. The minimum atomic E-state index is -0.853. The maximum Gasteiger partial charge on any atom is 0.336 e. The Balaban J connectivity index is 1.65. The molecule has 1 aliphatic rings. The number of aryl methyl sites for hydroxylation is 1. The quantitative estimate of drug-likeness (QED) is 0.381. The van der Waals surface area contributed by atoms with Crippen LogP contribution in [0.15, 0.2) is 51.7 Å². The lowest BCUT2D eigenvalue weighted by molar-refractivity contribution is -0.152. The summed E-state index contributed by atoms with van der Waals surface area (Å²) in [5.41, 5.74) is 1.69. The normalized spacial score (nSPS) is 16.7. The lowest BCUT2D eigenvalue weighted by Crippen LogP contribution is -2.47. The SMILES string of the molecule is CCOC(=O)[C@H]1CCCN(C(=O)[C@@H](C)Oc2cc(C)cc3oc(=O)cc(-c4ccc(F)cc4)c23)C1. The predicted octanol–water partition coefficient (Wildman–Crippen LogP) is 4.48. The minimum Gasteiger partial charge on any atom is -0.480 e. The van der Waals surface area contributed by atoms with Crippen molar-refractivity contribution in [2.75, 3.05) is 19.7 Å². The lowest BCUT2D eigenvalue weighted by atomic mass is 9.98. The Labute approximate surface area is 202 Å². The molecule has 0 saturated carbocycles. The molecule has 0 N–H and O–H groups in total. The number of likely N-dealkylation sites (tertiary alicyclic amines) is 1. The standard InChI is InChI=1S/C27H28FNO6/c1-4-33-27(32)19-6-5-11-29(15-19)26(31)17(3)34-22-12-16(2)13-23-25(22)21(14-24(30)35-23)18-7-9-20(28)10-8-18/h7-10,12-14,17,19H,4-6,11,15H2,1-3H3/t17-,19+/m1/s1. The summed E-state index contributed by atoms with van der Waals surface area (Å²) in [7, 11) is 0. The van der Waals surface area contributed by atoms with Gasteiger partial charge >= 0.3 is 11.6 Å². The fourth-order valence-corrected chi connectivity index (χ4v) is 4.47. The van der Waals surface area contributed by atoms with Gasteiger partial charge in [-0.25, -0.2) is 9.18 Å². The van der Waals surface area contributed by atoms with Crippen molar-refractivity contribution >= 4 is 22.8 Å². The second kappa shape index (κ2) is 10.3. The van der Waals surface area contributed by atoms with Gasteiger partial charge in [-0.3, -0.25) is 9.59 Å². The van der Waals surface area contributed by atoms with Crippen LogP contribution >= 0.6 is 0 Å². The number of hydrogen-bond donors (Lipinski definition) is 0. The lowest BCUT2D eigenvalue weighted by Gasteiger charge is -2.33. The van der Waals surface area contributed by atoms with Gasteiger partial charge in [-0.15, -0.1) is 0 Å². The van der Waals surface area contributed by atoms with Gasteiger partial charge in [0.15, 0.2) is 6.10 Å². The molecule has 0 spiro atoms. The molecule has 2 atom stereocenters. The first-order valence-corrected chi connectivity index (χ1v) is 11.7. The van der Waals surface area contributed by atoms with Crippen LogP contribution < -0.4 is 10.4 Å². The molecule has 1 aromatic heterocycles. The first-order chi connectivity index (χ1) is 16.8. The zero-order valence-corrected chi connectivity index (χ0v) is 20.0. The maximum absolute atomic E-state index is 13.5. The van der Waals surface area contributed by atoms with E-state index >= 15 is 0 Å². The van der Waals surface area contributed by atoms with Crippen LogP contribution in [0.2, 0.25) is 0 Å². The number of hydrogen-bond acceptors (Lipinski definition) is 6. The smallest absolute Gasteiger partial charge is 0.336 e. The molecule has 4 rings (SSSR count). The summed E-state index contributed by atoms with van der Waals surface area (Å²) >= 11 is 0. The number of benzene rings is 2. The molecule has 184 valence electrons. The van der Waals surface area contributed by atoms with Crippen LogP contribution in [0, 0.1) is 18.7 Å². The van der Waals surface area contributed by atoms with Crippen LogP contribution in [-0.2, 0) is 14.3 Å². The van der Waals surface area contributed by atoms with Gasteiger partial charge in [0.2, 0.25) is 0 Å². The molecule has 1 fully saturated rings. The van der Waals surface area contributed by atoms with E-state index in [1.54, 1.807) is 43.0 Å². The molecule has 0 bridgehead atoms. The summed E-state index contributed by atoms with van der Waals surface area (Å²) in [4.78, 5) is 39.3. The van der Waals surface area contributed by atoms with E-state index in [2.05, 4.69) is 0 Å². The van der Waals surface area contributed by atoms with Crippen molar-refractivity contribution < 1.29 is 27.9 Å². The molecule has 1 amide bonds. The highest BCUT2D eigenvalue weighted by Gasteiger charge is 2.32. The summed E-state index contributed by atoms with van der Waals surface area (Å²) < 4.78 is 30.2. The van der Waals surface area contributed by atoms with E-state index in [4.69, 9.17) is 13.9 Å². The third-order valence-corrected chi connectivity index (χ3v) is 6.11. The summed E-state index contributed by atoms with van der Waals surface area (Å²) in [5, 5.41) is 0.518. The number of fused-ring (bicyclic) bond motifs is 1. The molecule has 2 aromatic carbocycles. The van der Waals surface area contributed by atoms with E-state index in [0.29, 0.717) is 53.8 Å². The second-order valence-corrected chi connectivity index (χ2v) is 8.76. The van der Waals surface area contributed by atoms with Gasteiger partial charge in [0.25, 0.3) is 5.91 Å². The average Bonchev–Trinajstić information content (AvgIpc) is 2.83. The molecular formula is C27H28FNO6. The number of ether oxygens (including phenoxy) is 2. The monoisotopic (exact) mass is 481 g/mol. The number of amides is 1. The molecule has 0 radical (unpaired) electrons. The topological polar surface area (TPSA) is 86.1 Å². The molecule has 0 aliphatic carbocycles. The van der Waals surface area contributed by atoms with Gasteiger partial charge in [0, 0.05) is 24.7 Å². The number of nitrogens with zero attached hydrogens (tertiary/aromatic N) is 1. The summed E-state index contributed by atoms with van der Waals surface area (Å²) in [6.07, 6.45) is 0.532. The van der Waals surface area contributed by atoms with E-state index < -0.39 is 17.5 Å². The third-order valence-electron chi connectivity index (χ3n) is 6.11. The molecule has 1 aliphatic heterocycles. The third kappa shape index (κ3) is 5.37. The van der Waals surface area contributed by atoms with Crippen molar-refractivity contribution in [1.82, 2.24) is 4.90 Å². The summed E-state index contributed by atoms with van der Waals surface area (Å²) in [6.45, 7) is 6.37. The summed E-state index contributed by atoms with van der Waals surface area (Å²) in [6, 6.07) is 10.6. The molecule has 0 unspecified atom stereocenters. The van der Waals surface area contributed by atoms with Crippen molar-refractivity contribution in [2.45, 2.75) is 39.7 Å². The van der Waals surface area contributed by atoms with E-state index in [0.717, 1.165) is 5.56 Å². The molecule has 2 heterocycles. The summed E-state index contributed by atoms with van der Waals surface area (Å²) in [5.74, 6) is -0.895. The van der Waals surface area contributed by atoms with Crippen LogP contribution in [0.1, 0.15) is 32.3 Å². The molecule has 35 heavy (non-hydrogen) atoms. The first-order valence-electron chi connectivity index (χ1n) is 11.7. The highest BCUT2D eigenvalue weighted by atomic mass is 19.1. The van der Waals surface area contributed by atoms with E-state index in [1.807, 2.05) is 6.92 Å². The van der Waals surface area contributed by atoms with Crippen LogP contribution in [0.4, 0.5) is 4.39 Å². The number of halogens is 1. The molecule has 3 aromatic rings. The maximum atomic E-state index is 13.5. The van der Waals surface area contributed by atoms with E-state index in [1.165, 1.54) is 18.2 Å². The number of rotatable bonds is 6. The van der Waals surface area contributed by atoms with Crippen LogP contribution in [0.25, 0.3) is 22.1 Å². The zero-order chi connectivity index (χ0) is 25.1. The Morgan fingerprint density at radius 3 is 2.66 bits per heavy atom. The number of esters is 1. The van der Waals surface area contributed by atoms with Gasteiger partial charge in [-0.2, -0.15) is 0 Å². The van der Waals surface area contributed by atoms with Crippen LogP contribution in [0.3, 0.4) is 0 Å². The van der Waals surface area contributed by atoms with Crippen molar-refractivity contribution in [3.8, 4) is 16.9 Å². The predicted molar refractivity (Wildman–Crippen MR) is 129 cm³/mol. The van der Waals surface area contributed by atoms with E-state index in [-0.39, 0.29) is 24.3 Å². The zero-order valence-electron chi connectivity index (χ0n) is 20.0. The number of carbonyl (C=O) groups is 2. The van der Waals surface area contributed by atoms with Crippen molar-refractivity contribution in [2.24, 2.45) is 5.92 Å². The van der Waals surface area contributed by atoms with Crippen molar-refractivity contribution in [3.63, 3.8) is 0 Å². The Hall–Kier alpha value is -3.68. The highest BCUT2D eigenvalue weighted by Crippen LogP contribution is 2.36. The highest BCUT2D eigenvalue weighted by molar-refractivity contribution is 5.98. The van der Waals surface area contributed by atoms with E-state index in [9.17, 15) is 18.8 Å². The molecule has 7 nitrogen and oxygen atoms in total. The van der Waals surface area contributed by atoms with Gasteiger partial charge < -0.3 is 18.8 Å². The second-order valence-electron chi connectivity index (χ2n) is 8.76. The molecular weight excluding hydrogens is 453 g/mol. The fraction of sp³-hybridized carbons (Fsp3) is 0.370. The number of piperidine rings is 1. The molecule has 1 saturated heterocycles. The average molecular weight is 482 g/mol. The van der Waals surface area contributed by atoms with Gasteiger partial charge in [-0.05, 0) is 69.0 Å². The van der Waals surface area contributed by atoms with Crippen LogP contribution in [0.5, 0.6) is 5.75 Å². The molecule has 8 heteroatoms. The van der Waals surface area contributed by atoms with Crippen molar-refractivity contribution in [1.29, 1.82) is 0 Å². The van der Waals surface area contributed by atoms with Crippen molar-refractivity contribution in [3.05, 3.63) is 64.3 Å². The van der Waals surface area contributed by atoms with Gasteiger partial charge in [-0.1, -0.05) is 12.1 Å². The van der Waals surface area contributed by atoms with Crippen LogP contribution in [-0.4, -0.2) is 42.6 Å². The minimum absolute atomic E-state index is 0.241. The Morgan fingerprint density at radius 1 is 1.20 bits per heavy atom. The number of carbonyl (C=O) groups excluding carboxylic acids is 2. The van der Waals surface area contributed by atoms with Gasteiger partial charge in [0.1, 0.15) is 17.1 Å². The Bertz CT molecular complexity index is 1300. The fourth-order valence-electron chi connectivity index (χ4n) is 4.47. The van der Waals surface area contributed by atoms with Gasteiger partial charge in [0.05, 0.1) is 17.9 Å². The Kier molecular flexibility index (Phi) is 7.19.